The van der Waals surface area contributed by atoms with Gasteiger partial charge in [0.2, 0.25) is 0 Å². The van der Waals surface area contributed by atoms with Crippen molar-refractivity contribution in [2.24, 2.45) is 0 Å². The van der Waals surface area contributed by atoms with Crippen LogP contribution in [0.5, 0.6) is 0 Å². The number of rotatable bonds is 12. The Morgan fingerprint density at radius 1 is 0.500 bits per heavy atom. The molecule has 10 nitrogen and oxygen atoms in total. The van der Waals surface area contributed by atoms with Crippen molar-refractivity contribution in [3.05, 3.63) is 175 Å². The van der Waals surface area contributed by atoms with Crippen molar-refractivity contribution in [1.29, 1.82) is 0 Å². The molecule has 0 saturated heterocycles. The second kappa shape index (κ2) is 23.4. The summed E-state index contributed by atoms with van der Waals surface area (Å²) in [5.41, 5.74) is 8.82. The number of hydrogen-bond acceptors (Lipinski definition) is 9. The van der Waals surface area contributed by atoms with Crippen molar-refractivity contribution >= 4 is 21.0 Å². The van der Waals surface area contributed by atoms with E-state index >= 15 is 0 Å². The van der Waals surface area contributed by atoms with Gasteiger partial charge in [-0.3, -0.25) is 29.9 Å². The average molecular weight is 939 g/mol. The molecule has 0 N–H and O–H groups in total. The van der Waals surface area contributed by atoms with Crippen LogP contribution in [0.4, 0.5) is 0 Å². The van der Waals surface area contributed by atoms with Gasteiger partial charge in [-0.25, -0.2) is 4.57 Å². The van der Waals surface area contributed by atoms with Gasteiger partial charge < -0.3 is 13.3 Å². The van der Waals surface area contributed by atoms with Crippen LogP contribution in [0.1, 0.15) is 23.1 Å². The Morgan fingerprint density at radius 3 is 1.36 bits per heavy atom. The Bertz CT molecular complexity index is 2010. The first-order valence-electron chi connectivity index (χ1n) is 17.9. The van der Waals surface area contributed by atoms with Crippen molar-refractivity contribution in [3.63, 3.8) is 0 Å². The first-order valence-corrected chi connectivity index (χ1v) is 19.8. The van der Waals surface area contributed by atoms with Crippen LogP contribution in [0.25, 0.3) is 46.3 Å². The zero-order valence-electron chi connectivity index (χ0n) is 32.0. The molecule has 0 bridgehead atoms. The number of aromatic nitrogens is 7. The third-order valence-corrected chi connectivity index (χ3v) is 11.2. The van der Waals surface area contributed by atoms with Crippen LogP contribution < -0.4 is 4.57 Å². The molecular formula is C44H46N7O3OsSi+. The molecule has 0 saturated carbocycles. The van der Waals surface area contributed by atoms with E-state index in [1.807, 2.05) is 103 Å². The van der Waals surface area contributed by atoms with Gasteiger partial charge in [-0.05, 0) is 96.4 Å². The molecule has 12 heteroatoms. The summed E-state index contributed by atoms with van der Waals surface area (Å²) in [5, 5.41) is 0. The minimum absolute atomic E-state index is 0. The van der Waals surface area contributed by atoms with Gasteiger partial charge >= 0.3 is 8.80 Å². The molecule has 7 aromatic rings. The van der Waals surface area contributed by atoms with E-state index in [9.17, 15) is 0 Å². The minimum Gasteiger partial charge on any atom is -0.377 e. The zero-order valence-corrected chi connectivity index (χ0v) is 35.5. The summed E-state index contributed by atoms with van der Waals surface area (Å²) in [6.07, 6.45) is 20.0. The van der Waals surface area contributed by atoms with Gasteiger partial charge in [0.1, 0.15) is 6.54 Å². The molecule has 0 aromatic carbocycles. The Kier molecular flexibility index (Phi) is 18.1. The topological polar surface area (TPSA) is 109 Å². The van der Waals surface area contributed by atoms with Crippen LogP contribution >= 0.6 is 0 Å². The SMILES string of the molecule is CO[Si](CCC[n+]1ccc(/C=C/c2ccnc(-c3cc(C)ccn3)c2)cc1)(OC)OC.[Os].c1ccc(-c2ccccn2)nc1.c1ccc(-c2ccccn2)nc1. The molecule has 56 heavy (non-hydrogen) atoms. The maximum atomic E-state index is 5.48. The number of pyridine rings is 7. The van der Waals surface area contributed by atoms with Gasteiger partial charge in [0.15, 0.2) is 12.4 Å². The Hall–Kier alpha value is -5.48. The quantitative estimate of drug-likeness (QED) is 0.0881. The fourth-order valence-electron chi connectivity index (χ4n) is 5.38. The van der Waals surface area contributed by atoms with Gasteiger partial charge in [0, 0.05) is 103 Å². The maximum Gasteiger partial charge on any atom is 0.500 e. The van der Waals surface area contributed by atoms with Crippen LogP contribution in [0.2, 0.25) is 6.04 Å². The Morgan fingerprint density at radius 2 is 0.929 bits per heavy atom. The van der Waals surface area contributed by atoms with E-state index in [2.05, 4.69) is 84.1 Å². The van der Waals surface area contributed by atoms with Gasteiger partial charge in [0.25, 0.3) is 0 Å². The first kappa shape index (κ1) is 43.3. The molecular weight excluding hydrogens is 893 g/mol. The minimum atomic E-state index is -2.50. The van der Waals surface area contributed by atoms with E-state index in [0.29, 0.717) is 0 Å². The Labute approximate surface area is 343 Å². The van der Waals surface area contributed by atoms with Crippen LogP contribution in [-0.4, -0.2) is 60.0 Å². The molecule has 7 rings (SSSR count). The fourth-order valence-corrected chi connectivity index (χ4v) is 7.08. The smallest absolute Gasteiger partial charge is 0.377 e. The number of aryl methyl sites for hydroxylation is 2. The second-order valence-electron chi connectivity index (χ2n) is 12.2. The maximum absolute atomic E-state index is 5.48. The molecule has 0 spiro atoms. The Balaban J connectivity index is 0.000000225. The van der Waals surface area contributed by atoms with E-state index < -0.39 is 8.80 Å². The normalized spacial score (nSPS) is 10.7. The summed E-state index contributed by atoms with van der Waals surface area (Å²) in [5.74, 6) is 0. The molecule has 7 aromatic heterocycles. The molecule has 0 aliphatic carbocycles. The van der Waals surface area contributed by atoms with Crippen molar-refractivity contribution < 1.29 is 37.6 Å². The van der Waals surface area contributed by atoms with Gasteiger partial charge in [-0.2, -0.15) is 0 Å². The largest absolute Gasteiger partial charge is 0.500 e. The zero-order chi connectivity index (χ0) is 38.6. The molecule has 7 heterocycles. The van der Waals surface area contributed by atoms with Gasteiger partial charge in [0.05, 0.1) is 34.2 Å². The molecule has 286 valence electrons. The van der Waals surface area contributed by atoms with Crippen LogP contribution in [0.15, 0.2) is 159 Å². The summed E-state index contributed by atoms with van der Waals surface area (Å²) in [6.45, 7) is 2.94. The summed E-state index contributed by atoms with van der Waals surface area (Å²) in [4.78, 5) is 25.6. The molecule has 0 aliphatic rings. The van der Waals surface area contributed by atoms with E-state index in [4.69, 9.17) is 13.3 Å². The van der Waals surface area contributed by atoms with E-state index in [1.54, 1.807) is 46.1 Å². The summed E-state index contributed by atoms with van der Waals surface area (Å²) < 4.78 is 18.6. The average Bonchev–Trinajstić information content (AvgIpc) is 3.27. The van der Waals surface area contributed by atoms with E-state index in [0.717, 1.165) is 64.3 Å². The van der Waals surface area contributed by atoms with E-state index in [1.165, 1.54) is 5.56 Å². The summed E-state index contributed by atoms with van der Waals surface area (Å²) in [6, 6.07) is 36.3. The van der Waals surface area contributed by atoms with Crippen LogP contribution in [0.3, 0.4) is 0 Å². The van der Waals surface area contributed by atoms with Crippen molar-refractivity contribution in [2.75, 3.05) is 21.3 Å². The second-order valence-corrected chi connectivity index (χ2v) is 15.2. The predicted octanol–water partition coefficient (Wildman–Crippen LogP) is 8.46. The molecule has 0 unspecified atom stereocenters. The molecule has 0 atom stereocenters. The molecule has 0 aliphatic heterocycles. The third-order valence-electron chi connectivity index (χ3n) is 8.36. The van der Waals surface area contributed by atoms with Crippen LogP contribution in [-0.2, 0) is 39.6 Å². The summed E-state index contributed by atoms with van der Waals surface area (Å²) in [7, 11) is 2.45. The first-order chi connectivity index (χ1) is 27.0. The van der Waals surface area contributed by atoms with Gasteiger partial charge in [-0.15, -0.1) is 0 Å². The fraction of sp³-hybridized carbons (Fsp3) is 0.159. The third kappa shape index (κ3) is 13.7. The van der Waals surface area contributed by atoms with Crippen LogP contribution in [0, 0.1) is 6.92 Å². The van der Waals surface area contributed by atoms with E-state index in [-0.39, 0.29) is 19.8 Å². The monoisotopic (exact) mass is 940 g/mol. The summed E-state index contributed by atoms with van der Waals surface area (Å²) >= 11 is 0. The molecule has 0 amide bonds. The van der Waals surface area contributed by atoms with Gasteiger partial charge in [-0.1, -0.05) is 36.4 Å². The standard InChI is InChI=1S/C24H30N3O3Si.2C10H8N2.Os/c1-20-8-12-25-23(18-20)24-19-22(9-13-26-24)7-6-21-10-15-27(16-11-21)14-5-17-31(28-2,29-3)30-4;2*1-3-7-11-9(5-1)10-6-2-4-8-12-10;/h6-13,15-16,18-19H,5,14,17H2,1-4H3;2*1-8H;/q+1;;;/b7-6+;;;. The van der Waals surface area contributed by atoms with Crippen molar-refractivity contribution in [3.8, 4) is 34.2 Å². The molecule has 0 radical (unpaired) electrons. The number of hydrogen-bond donors (Lipinski definition) is 0. The van der Waals surface area contributed by atoms with Crippen molar-refractivity contribution in [1.82, 2.24) is 29.9 Å². The number of nitrogens with zero attached hydrogens (tertiary/aromatic N) is 7. The predicted molar refractivity (Wildman–Crippen MR) is 219 cm³/mol. The molecule has 0 fully saturated rings. The van der Waals surface area contributed by atoms with Crippen molar-refractivity contribution in [2.45, 2.75) is 25.9 Å².